The molecule has 2 heterocycles. The molecule has 0 bridgehead atoms. The van der Waals surface area contributed by atoms with Crippen LogP contribution in [0, 0.1) is 0 Å². The summed E-state index contributed by atoms with van der Waals surface area (Å²) in [5.41, 5.74) is -0.761. The minimum Gasteiger partial charge on any atom is -0.415 e. The molecule has 1 unspecified atom stereocenters. The van der Waals surface area contributed by atoms with E-state index in [0.717, 1.165) is 0 Å². The molecule has 28 heavy (non-hydrogen) atoms. The van der Waals surface area contributed by atoms with Gasteiger partial charge in [-0.15, -0.1) is 0 Å². The number of ether oxygens (including phenoxy) is 3. The van der Waals surface area contributed by atoms with E-state index in [1.807, 2.05) is 19.6 Å². The lowest BCUT2D eigenvalue weighted by molar-refractivity contribution is -0.709. The SMILES string of the molecule is CC(C)(C)OC(=O)[N+]1([Si](C)(C)C)C(=O)CC[C@@H]1[C@H](O)[C@@H]1OC(C)(C)O[C@H]1CO. The van der Waals surface area contributed by atoms with E-state index in [0.29, 0.717) is 6.42 Å². The molecule has 0 radical (unpaired) electrons. The quantitative estimate of drug-likeness (QED) is 0.674. The van der Waals surface area contributed by atoms with Crippen LogP contribution >= 0.6 is 0 Å². The lowest BCUT2D eigenvalue weighted by atomic mass is 9.99. The van der Waals surface area contributed by atoms with Crippen molar-refractivity contribution < 1.29 is 38.2 Å². The van der Waals surface area contributed by atoms with Gasteiger partial charge < -0.3 is 24.4 Å². The number of quaternary nitrogens is 1. The van der Waals surface area contributed by atoms with Crippen molar-refractivity contribution in [1.82, 2.24) is 0 Å². The van der Waals surface area contributed by atoms with Crippen LogP contribution < -0.4 is 0 Å². The maximum Gasteiger partial charge on any atom is 0.506 e. The minimum atomic E-state index is -2.55. The highest BCUT2D eigenvalue weighted by molar-refractivity contribution is 6.71. The summed E-state index contributed by atoms with van der Waals surface area (Å²) in [4.78, 5) is 26.5. The highest BCUT2D eigenvalue weighted by Crippen LogP contribution is 2.42. The third-order valence-corrected chi connectivity index (χ3v) is 8.30. The molecule has 0 aromatic heterocycles. The number of imide groups is 1. The number of likely N-dealkylation sites (tertiary alicyclic amines) is 1. The van der Waals surface area contributed by atoms with Crippen molar-refractivity contribution >= 4 is 20.2 Å². The van der Waals surface area contributed by atoms with Gasteiger partial charge in [-0.05, 0) is 54.3 Å². The number of rotatable bonds is 4. The van der Waals surface area contributed by atoms with Gasteiger partial charge in [0.15, 0.2) is 5.79 Å². The Morgan fingerprint density at radius 2 is 1.89 bits per heavy atom. The zero-order chi connectivity index (χ0) is 21.7. The molecule has 0 aliphatic carbocycles. The molecule has 2 N–H and O–H groups in total. The van der Waals surface area contributed by atoms with Crippen LogP contribution in [0.3, 0.4) is 0 Å². The first-order valence-electron chi connectivity index (χ1n) is 9.87. The second-order valence-electron chi connectivity index (χ2n) is 10.2. The molecule has 0 aromatic carbocycles. The van der Waals surface area contributed by atoms with Crippen molar-refractivity contribution in [2.24, 2.45) is 0 Å². The number of hydrogen-bond acceptors (Lipinski definition) is 7. The smallest absolute Gasteiger partial charge is 0.415 e. The first-order valence-corrected chi connectivity index (χ1v) is 13.3. The van der Waals surface area contributed by atoms with E-state index in [4.69, 9.17) is 14.2 Å². The van der Waals surface area contributed by atoms with Crippen molar-refractivity contribution in [3.63, 3.8) is 0 Å². The van der Waals surface area contributed by atoms with Gasteiger partial charge >= 0.3 is 12.0 Å². The molecular formula is C19H36NO7Si+. The van der Waals surface area contributed by atoms with Crippen molar-refractivity contribution in [3.05, 3.63) is 0 Å². The summed E-state index contributed by atoms with van der Waals surface area (Å²) in [7, 11) is -2.55. The molecule has 2 amide bonds. The third kappa shape index (κ3) is 4.06. The average molecular weight is 419 g/mol. The number of aliphatic hydroxyl groups is 2. The number of nitrogens with zero attached hydrogens (tertiary/aromatic N) is 1. The number of amides is 2. The summed E-state index contributed by atoms with van der Waals surface area (Å²) in [6.07, 6.45) is -2.81. The van der Waals surface area contributed by atoms with Gasteiger partial charge in [-0.1, -0.05) is 0 Å². The van der Waals surface area contributed by atoms with Crippen LogP contribution in [0.2, 0.25) is 19.6 Å². The lowest BCUT2D eigenvalue weighted by Crippen LogP contribution is -2.75. The van der Waals surface area contributed by atoms with Crippen molar-refractivity contribution in [2.45, 2.75) is 103 Å². The molecule has 5 atom stereocenters. The van der Waals surface area contributed by atoms with Gasteiger partial charge in [0.25, 0.3) is 8.24 Å². The van der Waals surface area contributed by atoms with Gasteiger partial charge in [0.2, 0.25) is 0 Å². The predicted octanol–water partition coefficient (Wildman–Crippen LogP) is 2.14. The first-order chi connectivity index (χ1) is 12.6. The Bertz CT molecular complexity index is 625. The van der Waals surface area contributed by atoms with Crippen molar-refractivity contribution in [2.75, 3.05) is 6.61 Å². The lowest BCUT2D eigenvalue weighted by Gasteiger charge is -2.46. The van der Waals surface area contributed by atoms with E-state index >= 15 is 0 Å². The van der Waals surface area contributed by atoms with E-state index in [-0.39, 0.29) is 18.9 Å². The molecule has 2 aliphatic heterocycles. The fourth-order valence-electron chi connectivity index (χ4n) is 4.46. The van der Waals surface area contributed by atoms with E-state index in [1.54, 1.807) is 34.6 Å². The topological polar surface area (TPSA) is 102 Å². The summed E-state index contributed by atoms with van der Waals surface area (Å²) >= 11 is 0. The second-order valence-corrected chi connectivity index (χ2v) is 15.2. The van der Waals surface area contributed by atoms with Crippen LogP contribution in [0.25, 0.3) is 0 Å². The summed E-state index contributed by atoms with van der Waals surface area (Å²) < 4.78 is 16.7. The predicted molar refractivity (Wildman–Crippen MR) is 105 cm³/mol. The summed E-state index contributed by atoms with van der Waals surface area (Å²) in [6.45, 7) is 14.2. The van der Waals surface area contributed by atoms with E-state index < -0.39 is 54.2 Å². The molecule has 0 spiro atoms. The fraction of sp³-hybridized carbons (Fsp3) is 0.895. The Morgan fingerprint density at radius 1 is 1.32 bits per heavy atom. The van der Waals surface area contributed by atoms with E-state index in [2.05, 4.69) is 0 Å². The van der Waals surface area contributed by atoms with Crippen LogP contribution in [-0.4, -0.2) is 76.9 Å². The molecule has 162 valence electrons. The monoisotopic (exact) mass is 418 g/mol. The van der Waals surface area contributed by atoms with Gasteiger partial charge in [-0.25, -0.2) is 8.94 Å². The maximum absolute atomic E-state index is 13.4. The number of carbonyl (C=O) groups is 2. The highest BCUT2D eigenvalue weighted by Gasteiger charge is 2.68. The van der Waals surface area contributed by atoms with Crippen LogP contribution in [-0.2, 0) is 19.0 Å². The largest absolute Gasteiger partial charge is 0.506 e. The summed E-state index contributed by atoms with van der Waals surface area (Å²) in [6, 6.07) is -0.703. The summed E-state index contributed by atoms with van der Waals surface area (Å²) in [5.74, 6) is -1.20. The van der Waals surface area contributed by atoms with E-state index in [9.17, 15) is 19.8 Å². The molecule has 0 saturated carbocycles. The molecule has 2 rings (SSSR count). The molecule has 9 heteroatoms. The van der Waals surface area contributed by atoms with Gasteiger partial charge in [0, 0.05) is 6.42 Å². The Balaban J connectivity index is 2.49. The second kappa shape index (κ2) is 7.44. The Hall–Kier alpha value is -0.843. The Kier molecular flexibility index (Phi) is 6.23. The Morgan fingerprint density at radius 3 is 2.36 bits per heavy atom. The zero-order valence-corrected chi connectivity index (χ0v) is 19.3. The van der Waals surface area contributed by atoms with Crippen molar-refractivity contribution in [1.29, 1.82) is 0 Å². The molecule has 0 aromatic rings. The number of hydrogen-bond donors (Lipinski definition) is 2. The van der Waals surface area contributed by atoms with Gasteiger partial charge in [-0.3, -0.25) is 0 Å². The normalized spacial score (nSPS) is 34.5. The average Bonchev–Trinajstić information content (AvgIpc) is 3.01. The number of aliphatic hydroxyl groups excluding tert-OH is 2. The van der Waals surface area contributed by atoms with E-state index in [1.165, 1.54) is 0 Å². The zero-order valence-electron chi connectivity index (χ0n) is 18.3. The van der Waals surface area contributed by atoms with Crippen LogP contribution in [0.4, 0.5) is 4.79 Å². The molecular weight excluding hydrogens is 382 g/mol. The van der Waals surface area contributed by atoms with Crippen LogP contribution in [0.5, 0.6) is 0 Å². The first kappa shape index (κ1) is 23.4. The minimum absolute atomic E-state index is 0.187. The van der Waals surface area contributed by atoms with Gasteiger partial charge in [0.1, 0.15) is 30.0 Å². The Labute approximate surface area is 168 Å². The van der Waals surface area contributed by atoms with Gasteiger partial charge in [0.05, 0.1) is 13.0 Å². The van der Waals surface area contributed by atoms with Crippen LogP contribution in [0.15, 0.2) is 0 Å². The maximum atomic E-state index is 13.4. The van der Waals surface area contributed by atoms with Crippen molar-refractivity contribution in [3.8, 4) is 0 Å². The van der Waals surface area contributed by atoms with Crippen LogP contribution in [0.1, 0.15) is 47.5 Å². The molecule has 2 fully saturated rings. The molecule has 2 saturated heterocycles. The number of carbonyl (C=O) groups excluding carboxylic acids is 2. The highest BCUT2D eigenvalue weighted by atomic mass is 28.3. The molecule has 2 aliphatic rings. The standard InChI is InChI=1S/C19H36NO7Si/c1-18(2,3)27-17(24)20(28(6,7)8)12(9-10-14(20)22)15(23)16-13(11-21)25-19(4,5)26-16/h12-13,15-16,21,23H,9-11H2,1-8H3/q+1/t12-,13+,15+,16-,20?/m1/s1. The van der Waals surface area contributed by atoms with Gasteiger partial charge in [-0.2, -0.15) is 4.79 Å². The summed E-state index contributed by atoms with van der Waals surface area (Å²) in [5, 5.41) is 21.0. The fourth-order valence-corrected chi connectivity index (χ4v) is 7.19. The third-order valence-electron chi connectivity index (χ3n) is 5.42. The molecule has 8 nitrogen and oxygen atoms in total.